The molecule has 0 radical (unpaired) electrons. The lowest BCUT2D eigenvalue weighted by atomic mass is 10.1. The lowest BCUT2D eigenvalue weighted by Crippen LogP contribution is -1.86. The SMILES string of the molecule is Oc1ccc2[nH]c3c4ccccc4nc-3cc2c1O. The van der Waals surface area contributed by atoms with Crippen molar-refractivity contribution < 1.29 is 10.2 Å². The molecule has 0 atom stereocenters. The van der Waals surface area contributed by atoms with Gasteiger partial charge in [0.2, 0.25) is 0 Å². The van der Waals surface area contributed by atoms with E-state index in [4.69, 9.17) is 0 Å². The topological polar surface area (TPSA) is 69.1 Å². The summed E-state index contributed by atoms with van der Waals surface area (Å²) in [7, 11) is 0. The summed E-state index contributed by atoms with van der Waals surface area (Å²) < 4.78 is 0. The average molecular weight is 250 g/mol. The molecule has 4 heteroatoms. The van der Waals surface area contributed by atoms with Gasteiger partial charge in [-0.2, -0.15) is 0 Å². The number of hydrogen-bond acceptors (Lipinski definition) is 3. The molecule has 2 heterocycles. The Morgan fingerprint density at radius 3 is 2.68 bits per heavy atom. The van der Waals surface area contributed by atoms with Crippen molar-refractivity contribution in [2.24, 2.45) is 0 Å². The Morgan fingerprint density at radius 2 is 1.79 bits per heavy atom. The molecule has 92 valence electrons. The van der Waals surface area contributed by atoms with E-state index in [1.54, 1.807) is 12.1 Å². The van der Waals surface area contributed by atoms with Crippen molar-refractivity contribution in [3.63, 3.8) is 0 Å². The zero-order valence-electron chi connectivity index (χ0n) is 9.88. The van der Waals surface area contributed by atoms with E-state index in [-0.39, 0.29) is 11.5 Å². The highest BCUT2D eigenvalue weighted by Crippen LogP contribution is 2.38. The van der Waals surface area contributed by atoms with E-state index < -0.39 is 0 Å². The minimum Gasteiger partial charge on any atom is -0.504 e. The Labute approximate surface area is 108 Å². The molecule has 0 aromatic heterocycles. The second-order valence-electron chi connectivity index (χ2n) is 4.55. The van der Waals surface area contributed by atoms with Gasteiger partial charge in [0.15, 0.2) is 11.5 Å². The monoisotopic (exact) mass is 250 g/mol. The van der Waals surface area contributed by atoms with Crippen LogP contribution in [0.25, 0.3) is 33.2 Å². The molecule has 3 N–H and O–H groups in total. The maximum Gasteiger partial charge on any atom is 0.167 e. The highest BCUT2D eigenvalue weighted by molar-refractivity contribution is 6.00. The van der Waals surface area contributed by atoms with Gasteiger partial charge in [0, 0.05) is 16.3 Å². The fourth-order valence-corrected chi connectivity index (χ4v) is 2.47. The molecule has 0 aliphatic carbocycles. The van der Waals surface area contributed by atoms with Gasteiger partial charge in [-0.3, -0.25) is 0 Å². The summed E-state index contributed by atoms with van der Waals surface area (Å²) in [5.41, 5.74) is 3.39. The third-order valence-corrected chi connectivity index (χ3v) is 3.41. The molecule has 2 aliphatic rings. The fraction of sp³-hybridized carbons (Fsp3) is 0. The molecule has 0 amide bonds. The first-order valence-corrected chi connectivity index (χ1v) is 5.96. The highest BCUT2D eigenvalue weighted by atomic mass is 16.3. The van der Waals surface area contributed by atoms with Crippen molar-refractivity contribution in [1.29, 1.82) is 0 Å². The van der Waals surface area contributed by atoms with E-state index in [1.807, 2.05) is 24.3 Å². The predicted octanol–water partition coefficient (Wildman–Crippen LogP) is 3.23. The van der Waals surface area contributed by atoms with Gasteiger partial charge in [0.25, 0.3) is 0 Å². The summed E-state index contributed by atoms with van der Waals surface area (Å²) >= 11 is 0. The maximum absolute atomic E-state index is 9.89. The standard InChI is InChI=1S/C15H10N2O2/c18-13-6-5-11-9(15(13)19)7-12-14(17-11)8-3-1-2-4-10(8)16-12/h1-7,17-19H. The van der Waals surface area contributed by atoms with Gasteiger partial charge in [0.05, 0.1) is 16.9 Å². The molecule has 19 heavy (non-hydrogen) atoms. The van der Waals surface area contributed by atoms with Crippen LogP contribution >= 0.6 is 0 Å². The molecule has 0 saturated carbocycles. The van der Waals surface area contributed by atoms with Crippen molar-refractivity contribution >= 4 is 21.8 Å². The molecule has 4 nitrogen and oxygen atoms in total. The number of aromatic nitrogens is 2. The summed E-state index contributed by atoms with van der Waals surface area (Å²) in [5, 5.41) is 21.1. The van der Waals surface area contributed by atoms with Gasteiger partial charge in [0.1, 0.15) is 0 Å². The number of H-pyrrole nitrogens is 1. The number of phenolic OH excluding ortho intramolecular Hbond substituents is 2. The van der Waals surface area contributed by atoms with Gasteiger partial charge in [-0.25, -0.2) is 4.98 Å². The molecule has 4 rings (SSSR count). The zero-order chi connectivity index (χ0) is 13.0. The van der Waals surface area contributed by atoms with Crippen LogP contribution < -0.4 is 0 Å². The van der Waals surface area contributed by atoms with Gasteiger partial charge in [-0.05, 0) is 24.3 Å². The predicted molar refractivity (Wildman–Crippen MR) is 73.6 cm³/mol. The number of fused-ring (bicyclic) bond motifs is 4. The molecule has 0 bridgehead atoms. The van der Waals surface area contributed by atoms with Gasteiger partial charge < -0.3 is 15.2 Å². The quantitative estimate of drug-likeness (QED) is 0.420. The number of aromatic amines is 1. The van der Waals surface area contributed by atoms with Crippen LogP contribution in [0.2, 0.25) is 0 Å². The van der Waals surface area contributed by atoms with Gasteiger partial charge in [-0.15, -0.1) is 0 Å². The van der Waals surface area contributed by atoms with E-state index in [2.05, 4.69) is 9.97 Å². The Balaban J connectivity index is 2.22. The second-order valence-corrected chi connectivity index (χ2v) is 4.55. The van der Waals surface area contributed by atoms with Crippen molar-refractivity contribution in [3.05, 3.63) is 42.5 Å². The summed E-state index contributed by atoms with van der Waals surface area (Å²) in [6.45, 7) is 0. The number of hydrogen-bond donors (Lipinski definition) is 3. The maximum atomic E-state index is 9.89. The first-order valence-electron chi connectivity index (χ1n) is 5.96. The average Bonchev–Trinajstić information content (AvgIpc) is 2.79. The van der Waals surface area contributed by atoms with Crippen LogP contribution in [0.1, 0.15) is 0 Å². The van der Waals surface area contributed by atoms with E-state index in [0.717, 1.165) is 27.8 Å². The van der Waals surface area contributed by atoms with Gasteiger partial charge in [-0.1, -0.05) is 18.2 Å². The van der Waals surface area contributed by atoms with Crippen LogP contribution in [0.15, 0.2) is 42.5 Å². The minimum absolute atomic E-state index is 0.122. The second kappa shape index (κ2) is 3.38. The minimum atomic E-state index is -0.128. The van der Waals surface area contributed by atoms with Crippen LogP contribution in [-0.4, -0.2) is 20.2 Å². The van der Waals surface area contributed by atoms with E-state index in [1.165, 1.54) is 6.07 Å². The Morgan fingerprint density at radius 1 is 0.947 bits per heavy atom. The van der Waals surface area contributed by atoms with E-state index in [0.29, 0.717) is 5.39 Å². The molecule has 0 fully saturated rings. The smallest absolute Gasteiger partial charge is 0.167 e. The Kier molecular flexibility index (Phi) is 1.82. The Hall–Kier alpha value is -2.75. The number of para-hydroxylation sites is 1. The molecule has 0 saturated heterocycles. The first-order chi connectivity index (χ1) is 9.24. The highest BCUT2D eigenvalue weighted by Gasteiger charge is 2.15. The number of rotatable bonds is 0. The number of benzene rings is 2. The van der Waals surface area contributed by atoms with Crippen molar-refractivity contribution in [3.8, 4) is 22.9 Å². The van der Waals surface area contributed by atoms with Crippen LogP contribution in [0, 0.1) is 0 Å². The molecule has 2 aliphatic heterocycles. The number of phenols is 2. The lowest BCUT2D eigenvalue weighted by molar-refractivity contribution is 0.408. The van der Waals surface area contributed by atoms with Crippen LogP contribution in [-0.2, 0) is 0 Å². The normalized spacial score (nSPS) is 11.6. The molecule has 2 aromatic rings. The van der Waals surface area contributed by atoms with E-state index >= 15 is 0 Å². The summed E-state index contributed by atoms with van der Waals surface area (Å²) in [5.74, 6) is -0.251. The number of aromatic hydroxyl groups is 2. The summed E-state index contributed by atoms with van der Waals surface area (Å²) in [6, 6.07) is 12.9. The Bertz CT molecular complexity index is 895. The number of nitrogens with zero attached hydrogens (tertiary/aromatic N) is 1. The van der Waals surface area contributed by atoms with Crippen LogP contribution in [0.3, 0.4) is 0 Å². The molecule has 2 aromatic carbocycles. The van der Waals surface area contributed by atoms with Crippen LogP contribution in [0.5, 0.6) is 11.5 Å². The largest absolute Gasteiger partial charge is 0.504 e. The zero-order valence-corrected chi connectivity index (χ0v) is 9.88. The number of pyridine rings is 1. The molecular formula is C15H10N2O2. The van der Waals surface area contributed by atoms with Crippen molar-refractivity contribution in [1.82, 2.24) is 9.97 Å². The number of nitrogens with one attached hydrogen (secondary N) is 1. The fourth-order valence-electron chi connectivity index (χ4n) is 2.47. The lowest BCUT2D eigenvalue weighted by Gasteiger charge is -2.06. The van der Waals surface area contributed by atoms with Gasteiger partial charge >= 0.3 is 0 Å². The van der Waals surface area contributed by atoms with Crippen molar-refractivity contribution in [2.45, 2.75) is 0 Å². The van der Waals surface area contributed by atoms with Crippen LogP contribution in [0.4, 0.5) is 0 Å². The molecule has 0 spiro atoms. The van der Waals surface area contributed by atoms with Crippen molar-refractivity contribution in [2.75, 3.05) is 0 Å². The van der Waals surface area contributed by atoms with E-state index in [9.17, 15) is 10.2 Å². The third kappa shape index (κ3) is 1.31. The summed E-state index contributed by atoms with van der Waals surface area (Å²) in [4.78, 5) is 7.78. The third-order valence-electron chi connectivity index (χ3n) is 3.41. The first kappa shape index (κ1) is 10.2. The molecule has 0 unspecified atom stereocenters. The summed E-state index contributed by atoms with van der Waals surface area (Å²) in [6.07, 6.45) is 0. The molecular weight excluding hydrogens is 240 g/mol.